The second-order valence-corrected chi connectivity index (χ2v) is 5.69. The minimum atomic E-state index is -1.17. The largest absolute Gasteiger partial charge is 0.373 e. The van der Waals surface area contributed by atoms with Gasteiger partial charge >= 0.3 is 0 Å². The highest BCUT2D eigenvalue weighted by Gasteiger charge is 2.42. The summed E-state index contributed by atoms with van der Waals surface area (Å²) in [5, 5.41) is 10.4. The van der Waals surface area contributed by atoms with Gasteiger partial charge in [0.2, 0.25) is 0 Å². The Labute approximate surface area is 92.8 Å². The third-order valence-electron chi connectivity index (χ3n) is 2.97. The lowest BCUT2D eigenvalue weighted by atomic mass is 9.99. The number of benzene rings is 1. The maximum absolute atomic E-state index is 11.9. The van der Waals surface area contributed by atoms with Crippen molar-refractivity contribution in [3.63, 3.8) is 0 Å². The lowest BCUT2D eigenvalue weighted by Crippen LogP contribution is -2.26. The quantitative estimate of drug-likeness (QED) is 0.855. The molecule has 1 heterocycles. The summed E-state index contributed by atoms with van der Waals surface area (Å²) in [4.78, 5) is -1.09. The third kappa shape index (κ3) is 1.74. The van der Waals surface area contributed by atoms with Gasteiger partial charge in [-0.1, -0.05) is 37.6 Å². The van der Waals surface area contributed by atoms with Gasteiger partial charge in [-0.05, 0) is 18.4 Å². The first-order valence-corrected chi connectivity index (χ1v) is 6.69. The van der Waals surface area contributed by atoms with Crippen LogP contribution in [0.3, 0.4) is 0 Å². The summed E-state index contributed by atoms with van der Waals surface area (Å²) in [6, 6.07) is 7.69. The molecule has 1 aliphatic rings. The summed E-state index contributed by atoms with van der Waals surface area (Å²) in [6.07, 6.45) is 2.53. The van der Waals surface area contributed by atoms with E-state index in [1.54, 1.807) is 0 Å². The fourth-order valence-electron chi connectivity index (χ4n) is 2.08. The Morgan fingerprint density at radius 2 is 2.20 bits per heavy atom. The Morgan fingerprint density at radius 1 is 1.47 bits per heavy atom. The summed E-state index contributed by atoms with van der Waals surface area (Å²) >= 11 is 0. The van der Waals surface area contributed by atoms with E-state index in [4.69, 9.17) is 0 Å². The summed E-state index contributed by atoms with van der Waals surface area (Å²) in [6.45, 7) is 2.08. The first kappa shape index (κ1) is 10.8. The van der Waals surface area contributed by atoms with Gasteiger partial charge in [0.15, 0.2) is 4.93 Å². The van der Waals surface area contributed by atoms with Crippen LogP contribution in [0.1, 0.15) is 37.3 Å². The van der Waals surface area contributed by atoms with Crippen molar-refractivity contribution >= 4 is 10.8 Å². The van der Waals surface area contributed by atoms with E-state index in [-0.39, 0.29) is 0 Å². The minimum Gasteiger partial charge on any atom is -0.373 e. The summed E-state index contributed by atoms with van der Waals surface area (Å²) in [5.74, 6) is 0.496. The molecule has 2 nitrogen and oxygen atoms in total. The van der Waals surface area contributed by atoms with E-state index < -0.39 is 15.7 Å². The van der Waals surface area contributed by atoms with E-state index >= 15 is 0 Å². The molecular formula is C12H16O2S. The van der Waals surface area contributed by atoms with Crippen molar-refractivity contribution in [2.45, 2.75) is 36.9 Å². The van der Waals surface area contributed by atoms with E-state index in [2.05, 4.69) is 6.92 Å². The first-order chi connectivity index (χ1) is 7.18. The third-order valence-corrected chi connectivity index (χ3v) is 4.72. The highest BCUT2D eigenvalue weighted by Crippen LogP contribution is 2.40. The zero-order valence-electron chi connectivity index (χ0n) is 8.90. The molecule has 1 N–H and O–H groups in total. The SMILES string of the molecule is CCCCC1(O)c2ccccc2CS1=O. The summed E-state index contributed by atoms with van der Waals surface area (Å²) in [5.41, 5.74) is 1.91. The average Bonchev–Trinajstić information content (AvgIpc) is 2.50. The van der Waals surface area contributed by atoms with E-state index in [1.165, 1.54) is 0 Å². The topological polar surface area (TPSA) is 37.3 Å². The maximum atomic E-state index is 11.9. The molecule has 0 fully saturated rings. The number of unbranched alkanes of at least 4 members (excludes halogenated alkanes) is 1. The average molecular weight is 224 g/mol. The van der Waals surface area contributed by atoms with E-state index in [9.17, 15) is 9.32 Å². The van der Waals surface area contributed by atoms with Gasteiger partial charge < -0.3 is 5.11 Å². The molecule has 1 aromatic rings. The molecule has 1 aromatic carbocycles. The Bertz CT molecular complexity index is 389. The Balaban J connectivity index is 2.36. The molecule has 0 radical (unpaired) electrons. The molecule has 82 valence electrons. The van der Waals surface area contributed by atoms with Gasteiger partial charge in [0, 0.05) is 5.56 Å². The van der Waals surface area contributed by atoms with Crippen LogP contribution < -0.4 is 0 Å². The molecule has 0 bridgehead atoms. The van der Waals surface area contributed by atoms with Crippen LogP contribution in [0.25, 0.3) is 0 Å². The summed E-state index contributed by atoms with van der Waals surface area (Å²) < 4.78 is 11.9. The normalized spacial score (nSPS) is 29.1. The lowest BCUT2D eigenvalue weighted by Gasteiger charge is -2.22. The Kier molecular flexibility index (Phi) is 2.94. The zero-order chi connectivity index (χ0) is 10.9. The van der Waals surface area contributed by atoms with Crippen LogP contribution in [0.4, 0.5) is 0 Å². The summed E-state index contributed by atoms with van der Waals surface area (Å²) in [7, 11) is -1.17. The fourth-order valence-corrected chi connectivity index (χ4v) is 3.66. The van der Waals surface area contributed by atoms with Crippen molar-refractivity contribution in [2.75, 3.05) is 0 Å². The molecule has 2 unspecified atom stereocenters. The van der Waals surface area contributed by atoms with Crippen molar-refractivity contribution in [2.24, 2.45) is 0 Å². The fraction of sp³-hybridized carbons (Fsp3) is 0.500. The molecule has 0 spiro atoms. The minimum absolute atomic E-state index is 0.496. The predicted octanol–water partition coefficient (Wildman–Crippen LogP) is 2.28. The molecule has 2 atom stereocenters. The van der Waals surface area contributed by atoms with Crippen LogP contribution >= 0.6 is 0 Å². The number of hydrogen-bond donors (Lipinski definition) is 1. The second-order valence-electron chi connectivity index (χ2n) is 4.03. The van der Waals surface area contributed by atoms with Crippen LogP contribution in [0.2, 0.25) is 0 Å². The number of aliphatic hydroxyl groups is 1. The van der Waals surface area contributed by atoms with Gasteiger partial charge in [0.05, 0.1) is 16.6 Å². The van der Waals surface area contributed by atoms with Crippen LogP contribution in [-0.4, -0.2) is 9.32 Å². The molecular weight excluding hydrogens is 208 g/mol. The highest BCUT2D eigenvalue weighted by molar-refractivity contribution is 7.85. The number of hydrogen-bond acceptors (Lipinski definition) is 2. The molecule has 3 heteroatoms. The van der Waals surface area contributed by atoms with Crippen molar-refractivity contribution in [1.29, 1.82) is 0 Å². The Hall–Kier alpha value is -0.670. The van der Waals surface area contributed by atoms with Crippen molar-refractivity contribution in [3.8, 4) is 0 Å². The van der Waals surface area contributed by atoms with Crippen molar-refractivity contribution in [1.82, 2.24) is 0 Å². The number of fused-ring (bicyclic) bond motifs is 1. The van der Waals surface area contributed by atoms with Gasteiger partial charge in [-0.2, -0.15) is 0 Å². The van der Waals surface area contributed by atoms with Crippen LogP contribution in [0, 0.1) is 0 Å². The zero-order valence-corrected chi connectivity index (χ0v) is 9.72. The standard InChI is InChI=1S/C12H16O2S/c1-2-3-8-12(13)11-7-5-4-6-10(11)9-15(12)14/h4-7,13H,2-3,8-9H2,1H3. The molecule has 1 aliphatic heterocycles. The van der Waals surface area contributed by atoms with Gasteiger partial charge in [0.1, 0.15) is 0 Å². The van der Waals surface area contributed by atoms with Gasteiger partial charge in [0.25, 0.3) is 0 Å². The Morgan fingerprint density at radius 3 is 2.93 bits per heavy atom. The van der Waals surface area contributed by atoms with E-state index in [1.807, 2.05) is 24.3 Å². The maximum Gasteiger partial charge on any atom is 0.165 e. The highest BCUT2D eigenvalue weighted by atomic mass is 32.2. The lowest BCUT2D eigenvalue weighted by molar-refractivity contribution is 0.121. The van der Waals surface area contributed by atoms with Crippen LogP contribution in [-0.2, 0) is 21.5 Å². The molecule has 0 saturated heterocycles. The van der Waals surface area contributed by atoms with E-state index in [0.717, 1.165) is 24.0 Å². The monoisotopic (exact) mass is 224 g/mol. The van der Waals surface area contributed by atoms with Gasteiger partial charge in [-0.15, -0.1) is 0 Å². The smallest absolute Gasteiger partial charge is 0.165 e. The predicted molar refractivity (Wildman–Crippen MR) is 61.7 cm³/mol. The molecule has 0 aromatic heterocycles. The number of rotatable bonds is 3. The van der Waals surface area contributed by atoms with Crippen LogP contribution in [0.15, 0.2) is 24.3 Å². The molecule has 15 heavy (non-hydrogen) atoms. The van der Waals surface area contributed by atoms with Crippen molar-refractivity contribution in [3.05, 3.63) is 35.4 Å². The van der Waals surface area contributed by atoms with Crippen LogP contribution in [0.5, 0.6) is 0 Å². The second kappa shape index (κ2) is 4.06. The first-order valence-electron chi connectivity index (χ1n) is 5.37. The molecule has 0 saturated carbocycles. The molecule has 0 amide bonds. The van der Waals surface area contributed by atoms with E-state index in [0.29, 0.717) is 12.2 Å². The van der Waals surface area contributed by atoms with Crippen molar-refractivity contribution < 1.29 is 9.32 Å². The molecule has 2 rings (SSSR count). The van der Waals surface area contributed by atoms with Gasteiger partial charge in [-0.25, -0.2) is 0 Å². The molecule has 0 aliphatic carbocycles. The van der Waals surface area contributed by atoms with Gasteiger partial charge in [-0.3, -0.25) is 4.21 Å².